The van der Waals surface area contributed by atoms with Crippen molar-refractivity contribution < 1.29 is 18.1 Å². The molecule has 1 unspecified atom stereocenters. The van der Waals surface area contributed by atoms with E-state index in [1.54, 1.807) is 21.3 Å². The number of hydrogen-bond acceptors (Lipinski definition) is 5. The first kappa shape index (κ1) is 26.3. The maximum Gasteiger partial charge on any atom is 0.503 e. The first-order valence-corrected chi connectivity index (χ1v) is 11.3. The number of carbonyl (C=O) groups excluding carboxylic acids is 1. The first-order valence-electron chi connectivity index (χ1n) is 9.51. The molecule has 1 amide bonds. The van der Waals surface area contributed by atoms with Gasteiger partial charge in [-0.3, -0.25) is 4.79 Å². The minimum Gasteiger partial charge on any atom is -0.377 e. The standard InChI is InChI=1S/C22H30N2O4Si.HI/c1-6-22(25)23-19-12-14-21(15-13-19)24(20-10-8-7-9-11-20)17-16-18(2)29(26-3,27-4)28-5;/h6-15,18H,1,16-17H2,2-5H3,(H,23,25);1H. The maximum atomic E-state index is 11.5. The highest BCUT2D eigenvalue weighted by Crippen LogP contribution is 2.31. The van der Waals surface area contributed by atoms with Gasteiger partial charge in [0.2, 0.25) is 5.91 Å². The second-order valence-electron chi connectivity index (χ2n) is 6.63. The van der Waals surface area contributed by atoms with Gasteiger partial charge in [-0.15, -0.1) is 24.0 Å². The van der Waals surface area contributed by atoms with Crippen LogP contribution < -0.4 is 10.2 Å². The lowest BCUT2D eigenvalue weighted by atomic mass is 10.2. The van der Waals surface area contributed by atoms with Crippen LogP contribution >= 0.6 is 24.0 Å². The molecule has 2 aromatic carbocycles. The van der Waals surface area contributed by atoms with Crippen molar-refractivity contribution in [1.82, 2.24) is 0 Å². The van der Waals surface area contributed by atoms with Gasteiger partial charge < -0.3 is 23.5 Å². The molecule has 0 saturated carbocycles. The lowest BCUT2D eigenvalue weighted by Crippen LogP contribution is -2.47. The number of hydrogen-bond donors (Lipinski definition) is 1. The second kappa shape index (κ2) is 12.9. The topological polar surface area (TPSA) is 60.0 Å². The van der Waals surface area contributed by atoms with Gasteiger partial charge in [-0.25, -0.2) is 0 Å². The van der Waals surface area contributed by atoms with E-state index < -0.39 is 8.80 Å². The summed E-state index contributed by atoms with van der Waals surface area (Å²) in [5, 5.41) is 2.77. The van der Waals surface area contributed by atoms with E-state index in [4.69, 9.17) is 13.3 Å². The summed E-state index contributed by atoms with van der Waals surface area (Å²) in [6.07, 6.45) is 2.08. The fourth-order valence-corrected chi connectivity index (χ4v) is 5.48. The van der Waals surface area contributed by atoms with Gasteiger partial charge >= 0.3 is 8.80 Å². The average Bonchev–Trinajstić information content (AvgIpc) is 2.77. The number of halogens is 1. The lowest BCUT2D eigenvalue weighted by molar-refractivity contribution is -0.111. The Bertz CT molecular complexity index is 777. The molecule has 0 bridgehead atoms. The molecule has 0 aliphatic carbocycles. The molecule has 0 heterocycles. The Morgan fingerprint density at radius 1 is 1.03 bits per heavy atom. The number of carbonyl (C=O) groups is 1. The molecule has 0 saturated heterocycles. The Morgan fingerprint density at radius 3 is 2.07 bits per heavy atom. The Balaban J connectivity index is 0.00000450. The van der Waals surface area contributed by atoms with Gasteiger partial charge in [0, 0.05) is 50.5 Å². The molecular formula is C22H31IN2O4Si. The molecule has 2 aromatic rings. The van der Waals surface area contributed by atoms with Crippen molar-refractivity contribution in [3.8, 4) is 0 Å². The number of nitrogens with zero attached hydrogens (tertiary/aromatic N) is 1. The van der Waals surface area contributed by atoms with E-state index in [-0.39, 0.29) is 35.4 Å². The monoisotopic (exact) mass is 542 g/mol. The smallest absolute Gasteiger partial charge is 0.377 e. The summed E-state index contributed by atoms with van der Waals surface area (Å²) in [5.41, 5.74) is 2.96. The van der Waals surface area contributed by atoms with Crippen LogP contribution in [-0.2, 0) is 18.1 Å². The minimum absolute atomic E-state index is 0. The predicted molar refractivity (Wildman–Crippen MR) is 135 cm³/mol. The number of benzene rings is 2. The van der Waals surface area contributed by atoms with Crippen LogP contribution in [0, 0.1) is 0 Å². The molecule has 0 aliphatic rings. The third-order valence-electron chi connectivity index (χ3n) is 4.94. The molecule has 1 N–H and O–H groups in total. The quantitative estimate of drug-likeness (QED) is 0.240. The highest BCUT2D eigenvalue weighted by Gasteiger charge is 2.44. The number of para-hydroxylation sites is 1. The average molecular weight is 542 g/mol. The van der Waals surface area contributed by atoms with E-state index in [0.717, 1.165) is 30.0 Å². The molecule has 8 heteroatoms. The van der Waals surface area contributed by atoms with E-state index in [0.29, 0.717) is 0 Å². The third kappa shape index (κ3) is 6.64. The highest BCUT2D eigenvalue weighted by atomic mass is 127. The number of rotatable bonds is 11. The largest absolute Gasteiger partial charge is 0.503 e. The summed E-state index contributed by atoms with van der Waals surface area (Å²) >= 11 is 0. The Morgan fingerprint density at radius 2 is 1.57 bits per heavy atom. The molecule has 30 heavy (non-hydrogen) atoms. The van der Waals surface area contributed by atoms with Crippen LogP contribution in [0.5, 0.6) is 0 Å². The van der Waals surface area contributed by atoms with Crippen molar-refractivity contribution in [1.29, 1.82) is 0 Å². The van der Waals surface area contributed by atoms with E-state index in [1.807, 2.05) is 42.5 Å². The fraction of sp³-hybridized carbons (Fsp3) is 0.318. The van der Waals surface area contributed by atoms with Crippen molar-refractivity contribution in [2.24, 2.45) is 0 Å². The predicted octanol–water partition coefficient (Wildman–Crippen LogP) is 5.23. The number of anilines is 3. The highest BCUT2D eigenvalue weighted by molar-refractivity contribution is 14.0. The van der Waals surface area contributed by atoms with E-state index >= 15 is 0 Å². The molecule has 0 spiro atoms. The molecule has 6 nitrogen and oxygen atoms in total. The van der Waals surface area contributed by atoms with Crippen LogP contribution in [0.3, 0.4) is 0 Å². The maximum absolute atomic E-state index is 11.5. The first-order chi connectivity index (χ1) is 14.0. The summed E-state index contributed by atoms with van der Waals surface area (Å²) in [5.74, 6) is -0.230. The zero-order chi connectivity index (χ0) is 21.3. The van der Waals surface area contributed by atoms with Crippen molar-refractivity contribution in [3.63, 3.8) is 0 Å². The van der Waals surface area contributed by atoms with Gasteiger partial charge in [0.05, 0.1) is 0 Å². The van der Waals surface area contributed by atoms with Crippen LogP contribution in [0.2, 0.25) is 5.54 Å². The van der Waals surface area contributed by atoms with Crippen LogP contribution in [-0.4, -0.2) is 42.6 Å². The second-order valence-corrected chi connectivity index (χ2v) is 10.1. The zero-order valence-corrected chi connectivity index (χ0v) is 21.3. The number of amides is 1. The van der Waals surface area contributed by atoms with Crippen molar-refractivity contribution >= 4 is 55.8 Å². The van der Waals surface area contributed by atoms with Crippen LogP contribution in [0.1, 0.15) is 13.3 Å². The summed E-state index contributed by atoms with van der Waals surface area (Å²) in [6, 6.07) is 17.9. The number of nitrogens with one attached hydrogen (secondary N) is 1. The van der Waals surface area contributed by atoms with Crippen LogP contribution in [0.25, 0.3) is 0 Å². The zero-order valence-electron chi connectivity index (χ0n) is 18.0. The lowest BCUT2D eigenvalue weighted by Gasteiger charge is -2.32. The van der Waals surface area contributed by atoms with Crippen molar-refractivity contribution in [2.75, 3.05) is 38.1 Å². The summed E-state index contributed by atoms with van der Waals surface area (Å²) in [6.45, 7) is 6.33. The van der Waals surface area contributed by atoms with Crippen LogP contribution in [0.4, 0.5) is 17.1 Å². The van der Waals surface area contributed by atoms with Crippen LogP contribution in [0.15, 0.2) is 67.3 Å². The Hall–Kier alpha value is -1.72. The molecule has 0 aliphatic heterocycles. The van der Waals surface area contributed by atoms with Crippen molar-refractivity contribution in [2.45, 2.75) is 18.9 Å². The van der Waals surface area contributed by atoms with Gasteiger partial charge in [0.1, 0.15) is 0 Å². The van der Waals surface area contributed by atoms with Gasteiger partial charge in [-0.1, -0.05) is 31.7 Å². The molecule has 1 atom stereocenters. The van der Waals surface area contributed by atoms with E-state index in [1.165, 1.54) is 6.08 Å². The molecule has 0 radical (unpaired) electrons. The van der Waals surface area contributed by atoms with Gasteiger partial charge in [0.25, 0.3) is 0 Å². The Kier molecular flexibility index (Phi) is 11.3. The fourth-order valence-electron chi connectivity index (χ4n) is 3.29. The molecule has 0 fully saturated rings. The third-order valence-corrected chi connectivity index (χ3v) is 8.15. The van der Waals surface area contributed by atoms with Gasteiger partial charge in [-0.05, 0) is 48.9 Å². The minimum atomic E-state index is -2.70. The van der Waals surface area contributed by atoms with Gasteiger partial charge in [0.15, 0.2) is 0 Å². The molecule has 0 aromatic heterocycles. The normalized spacial score (nSPS) is 11.9. The van der Waals surface area contributed by atoms with E-state index in [2.05, 4.69) is 35.9 Å². The molecule has 2 rings (SSSR count). The summed E-state index contributed by atoms with van der Waals surface area (Å²) < 4.78 is 16.9. The van der Waals surface area contributed by atoms with Crippen molar-refractivity contribution in [3.05, 3.63) is 67.3 Å². The molecule has 164 valence electrons. The SMILES string of the molecule is C=CC(=O)Nc1ccc(N(CCC(C)[Si](OC)(OC)OC)c2ccccc2)cc1.I. The Labute approximate surface area is 197 Å². The van der Waals surface area contributed by atoms with Gasteiger partial charge in [-0.2, -0.15) is 0 Å². The molecular weight excluding hydrogens is 511 g/mol. The summed E-state index contributed by atoms with van der Waals surface area (Å²) in [7, 11) is 2.21. The van der Waals surface area contributed by atoms with E-state index in [9.17, 15) is 4.79 Å². The summed E-state index contributed by atoms with van der Waals surface area (Å²) in [4.78, 5) is 13.7.